The number of benzene rings is 1. The number of carbonyl (C=O) groups excluding carboxylic acids is 4. The van der Waals surface area contributed by atoms with Gasteiger partial charge in [-0.3, -0.25) is 24.0 Å². The van der Waals surface area contributed by atoms with Gasteiger partial charge in [0.1, 0.15) is 23.7 Å². The van der Waals surface area contributed by atoms with Crippen molar-refractivity contribution in [2.24, 2.45) is 28.5 Å². The van der Waals surface area contributed by atoms with Gasteiger partial charge in [-0.05, 0) is 74.8 Å². The first kappa shape index (κ1) is 39.6. The summed E-state index contributed by atoms with van der Waals surface area (Å²) in [6, 6.07) is 5.87. The molecule has 0 bridgehead atoms. The van der Waals surface area contributed by atoms with Crippen molar-refractivity contribution in [1.29, 1.82) is 0 Å². The Bertz CT molecular complexity index is 1200. The molecule has 47 heavy (non-hydrogen) atoms. The maximum absolute atomic E-state index is 13.8. The molecule has 0 spiro atoms. The van der Waals surface area contributed by atoms with E-state index in [2.05, 4.69) is 16.0 Å². The largest absolute Gasteiger partial charge is 0.480 e. The predicted molar refractivity (Wildman–Crippen MR) is 181 cm³/mol. The first-order valence-electron chi connectivity index (χ1n) is 16.7. The lowest BCUT2D eigenvalue weighted by molar-refractivity contribution is -0.148. The Morgan fingerprint density at radius 2 is 1.43 bits per heavy atom. The zero-order chi connectivity index (χ0) is 35.4. The van der Waals surface area contributed by atoms with Gasteiger partial charge in [-0.15, -0.1) is 0 Å². The van der Waals surface area contributed by atoms with E-state index < -0.39 is 58.8 Å². The Morgan fingerprint density at radius 3 is 1.96 bits per heavy atom. The molecule has 0 aliphatic carbocycles. The number of nitrogens with zero attached hydrogens (tertiary/aromatic N) is 1. The summed E-state index contributed by atoms with van der Waals surface area (Å²) in [5.41, 5.74) is 16.9. The SMILES string of the molecule is CC(C)C[C@@H](NC(=O)[C@@H](CCc1ccccc1)NC(=O)C(N)C(C)(C)C)C(=O)N[C@H](CCCCN)C(=O)N1CCC(N)(C(=O)O)CC1. The number of carboxylic acid groups (broad SMARTS) is 1. The molecule has 13 heteroatoms. The normalized spacial score (nSPS) is 17.3. The molecule has 1 fully saturated rings. The summed E-state index contributed by atoms with van der Waals surface area (Å²) in [5, 5.41) is 18.0. The van der Waals surface area contributed by atoms with Gasteiger partial charge >= 0.3 is 5.97 Å². The number of likely N-dealkylation sites (tertiary alicyclic amines) is 1. The van der Waals surface area contributed by atoms with Crippen molar-refractivity contribution in [1.82, 2.24) is 20.9 Å². The summed E-state index contributed by atoms with van der Waals surface area (Å²) in [6.07, 6.45) is 2.83. The first-order valence-corrected chi connectivity index (χ1v) is 16.7. The summed E-state index contributed by atoms with van der Waals surface area (Å²) in [6.45, 7) is 10.1. The molecule has 264 valence electrons. The van der Waals surface area contributed by atoms with Gasteiger partial charge in [0.2, 0.25) is 23.6 Å². The molecule has 4 atom stereocenters. The van der Waals surface area contributed by atoms with Crippen molar-refractivity contribution in [3.05, 3.63) is 35.9 Å². The Balaban J connectivity index is 2.25. The van der Waals surface area contributed by atoms with Crippen molar-refractivity contribution in [2.45, 2.75) is 116 Å². The molecular formula is C34H57N7O6. The van der Waals surface area contributed by atoms with E-state index in [4.69, 9.17) is 17.2 Å². The highest BCUT2D eigenvalue weighted by Crippen LogP contribution is 2.22. The number of rotatable bonds is 17. The van der Waals surface area contributed by atoms with Gasteiger partial charge < -0.3 is 43.2 Å². The number of hydrogen-bond acceptors (Lipinski definition) is 8. The van der Waals surface area contributed by atoms with Gasteiger partial charge in [-0.1, -0.05) is 65.0 Å². The van der Waals surface area contributed by atoms with E-state index >= 15 is 0 Å². The minimum Gasteiger partial charge on any atom is -0.480 e. The third-order valence-corrected chi connectivity index (χ3v) is 8.71. The molecule has 4 amide bonds. The van der Waals surface area contributed by atoms with Crippen LogP contribution in [0.3, 0.4) is 0 Å². The van der Waals surface area contributed by atoms with Crippen LogP contribution in [-0.2, 0) is 30.4 Å². The second-order valence-corrected chi connectivity index (χ2v) is 14.3. The van der Waals surface area contributed by atoms with Crippen molar-refractivity contribution in [3.63, 3.8) is 0 Å². The van der Waals surface area contributed by atoms with Gasteiger partial charge in [0.15, 0.2) is 0 Å². The summed E-state index contributed by atoms with van der Waals surface area (Å²) < 4.78 is 0. The highest BCUT2D eigenvalue weighted by atomic mass is 16.4. The molecule has 1 saturated heterocycles. The fourth-order valence-corrected chi connectivity index (χ4v) is 5.44. The van der Waals surface area contributed by atoms with Crippen LogP contribution < -0.4 is 33.2 Å². The highest BCUT2D eigenvalue weighted by molar-refractivity contribution is 5.95. The fourth-order valence-electron chi connectivity index (χ4n) is 5.44. The first-order chi connectivity index (χ1) is 22.0. The van der Waals surface area contributed by atoms with Crippen LogP contribution in [0.4, 0.5) is 0 Å². The topological polar surface area (TPSA) is 223 Å². The maximum atomic E-state index is 13.8. The molecular weight excluding hydrogens is 602 g/mol. The fraction of sp³-hybridized carbons (Fsp3) is 0.676. The Kier molecular flexibility index (Phi) is 15.3. The van der Waals surface area contributed by atoms with Crippen molar-refractivity contribution >= 4 is 29.6 Å². The number of carbonyl (C=O) groups is 5. The van der Waals surface area contributed by atoms with Crippen LogP contribution in [0.2, 0.25) is 0 Å². The average Bonchev–Trinajstić information content (AvgIpc) is 3.01. The smallest absolute Gasteiger partial charge is 0.323 e. The van der Waals surface area contributed by atoms with Crippen molar-refractivity contribution in [2.75, 3.05) is 19.6 Å². The summed E-state index contributed by atoms with van der Waals surface area (Å²) in [7, 11) is 0. The molecule has 10 N–H and O–H groups in total. The molecule has 1 aromatic carbocycles. The maximum Gasteiger partial charge on any atom is 0.323 e. The number of nitrogens with two attached hydrogens (primary N) is 3. The molecule has 0 saturated carbocycles. The highest BCUT2D eigenvalue weighted by Gasteiger charge is 2.40. The van der Waals surface area contributed by atoms with Gasteiger partial charge in [-0.2, -0.15) is 0 Å². The number of nitrogens with one attached hydrogen (secondary N) is 3. The van der Waals surface area contributed by atoms with Crippen molar-refractivity contribution in [3.8, 4) is 0 Å². The second-order valence-electron chi connectivity index (χ2n) is 14.3. The quantitative estimate of drug-likeness (QED) is 0.118. The third kappa shape index (κ3) is 12.5. The lowest BCUT2D eigenvalue weighted by Gasteiger charge is -2.38. The number of amides is 4. The lowest BCUT2D eigenvalue weighted by atomic mass is 9.86. The van der Waals surface area contributed by atoms with Crippen LogP contribution in [0.1, 0.15) is 85.1 Å². The van der Waals surface area contributed by atoms with Gasteiger partial charge in [0, 0.05) is 13.1 Å². The number of carboxylic acids is 1. The summed E-state index contributed by atoms with van der Waals surface area (Å²) in [5.74, 6) is -2.93. The molecule has 1 aliphatic rings. The van der Waals surface area contributed by atoms with E-state index in [1.54, 1.807) is 0 Å². The van der Waals surface area contributed by atoms with Crippen LogP contribution >= 0.6 is 0 Å². The van der Waals surface area contributed by atoms with E-state index in [0.717, 1.165) is 5.56 Å². The predicted octanol–water partition coefficient (Wildman–Crippen LogP) is 1.03. The minimum atomic E-state index is -1.40. The van der Waals surface area contributed by atoms with Crippen LogP contribution in [0.25, 0.3) is 0 Å². The third-order valence-electron chi connectivity index (χ3n) is 8.71. The Labute approximate surface area is 279 Å². The molecule has 13 nitrogen and oxygen atoms in total. The molecule has 0 aromatic heterocycles. The Morgan fingerprint density at radius 1 is 0.872 bits per heavy atom. The van der Waals surface area contributed by atoms with E-state index in [-0.39, 0.29) is 44.2 Å². The number of aliphatic carboxylic acids is 1. The average molecular weight is 660 g/mol. The van der Waals surface area contributed by atoms with Gasteiger partial charge in [-0.25, -0.2) is 0 Å². The minimum absolute atomic E-state index is 0.0138. The number of hydrogen-bond donors (Lipinski definition) is 7. The van der Waals surface area contributed by atoms with Gasteiger partial charge in [0.05, 0.1) is 6.04 Å². The van der Waals surface area contributed by atoms with Crippen LogP contribution in [0, 0.1) is 11.3 Å². The molecule has 1 aliphatic heterocycles. The summed E-state index contributed by atoms with van der Waals surface area (Å²) in [4.78, 5) is 67.4. The van der Waals surface area contributed by atoms with E-state index in [1.165, 1.54) is 4.90 Å². The molecule has 0 radical (unpaired) electrons. The van der Waals surface area contributed by atoms with Gasteiger partial charge in [0.25, 0.3) is 0 Å². The molecule has 1 aromatic rings. The molecule has 1 unspecified atom stereocenters. The summed E-state index contributed by atoms with van der Waals surface area (Å²) >= 11 is 0. The van der Waals surface area contributed by atoms with Crippen LogP contribution in [0.15, 0.2) is 30.3 Å². The molecule has 1 heterocycles. The number of aryl methyl sites for hydroxylation is 1. The van der Waals surface area contributed by atoms with E-state index in [0.29, 0.717) is 38.6 Å². The monoisotopic (exact) mass is 659 g/mol. The number of piperidine rings is 1. The van der Waals surface area contributed by atoms with E-state index in [9.17, 15) is 29.1 Å². The van der Waals surface area contributed by atoms with E-state index in [1.807, 2.05) is 65.0 Å². The zero-order valence-electron chi connectivity index (χ0n) is 28.7. The number of unbranched alkanes of at least 4 members (excludes halogenated alkanes) is 1. The molecule has 2 rings (SSSR count). The standard InChI is InChI=1S/C34H57N7O6/c1-22(2)21-26(29(43)39-25(13-9-10-18-35)31(45)41-19-16-34(37,17-20-41)32(46)47)40-28(42)24(15-14-23-11-7-6-8-12-23)38-30(44)27(36)33(3,4)5/h6-8,11-12,22,24-27H,9-10,13-21,35-37H2,1-5H3,(H,38,44)(H,39,43)(H,40,42)(H,46,47)/t24-,25-,26-,27?/m1/s1. The lowest BCUT2D eigenvalue weighted by Crippen LogP contribution is -2.61. The van der Waals surface area contributed by atoms with Crippen LogP contribution in [-0.4, -0.2) is 88.9 Å². The van der Waals surface area contributed by atoms with Crippen molar-refractivity contribution < 1.29 is 29.1 Å². The Hall–Kier alpha value is -3.55. The van der Waals surface area contributed by atoms with Crippen LogP contribution in [0.5, 0.6) is 0 Å². The second kappa shape index (κ2) is 18.1. The zero-order valence-corrected chi connectivity index (χ0v) is 28.7.